The zero-order chi connectivity index (χ0) is 26.3. The van der Waals surface area contributed by atoms with Crippen LogP contribution in [0.2, 0.25) is 5.02 Å². The Hall–Kier alpha value is -2.98. The van der Waals surface area contributed by atoms with Crippen molar-refractivity contribution >= 4 is 17.6 Å². The van der Waals surface area contributed by atoms with Crippen LogP contribution in [0.4, 0.5) is 0 Å². The maximum absolute atomic E-state index is 12.6. The summed E-state index contributed by atoms with van der Waals surface area (Å²) >= 11 is 6.33. The quantitative estimate of drug-likeness (QED) is 0.107. The lowest BCUT2D eigenvalue weighted by Gasteiger charge is -2.10. The van der Waals surface area contributed by atoms with Gasteiger partial charge in [0.05, 0.1) is 23.8 Å². The Balaban J connectivity index is 1.48. The van der Waals surface area contributed by atoms with Crippen LogP contribution in [0.15, 0.2) is 66.7 Å². The number of halogens is 1. The van der Waals surface area contributed by atoms with Crippen LogP contribution in [-0.4, -0.2) is 19.2 Å². The van der Waals surface area contributed by atoms with Gasteiger partial charge in [0.1, 0.15) is 17.2 Å². The number of carbonyl (C=O) groups excluding carboxylic acids is 1. The highest BCUT2D eigenvalue weighted by molar-refractivity contribution is 6.32. The molecule has 0 N–H and O–H groups in total. The van der Waals surface area contributed by atoms with Crippen LogP contribution in [0.5, 0.6) is 17.2 Å². The Bertz CT molecular complexity index is 1080. The van der Waals surface area contributed by atoms with Gasteiger partial charge in [-0.05, 0) is 66.4 Å². The summed E-state index contributed by atoms with van der Waals surface area (Å²) in [4.78, 5) is 12.6. The minimum Gasteiger partial charge on any atom is -0.494 e. The van der Waals surface area contributed by atoms with E-state index in [1.807, 2.05) is 36.4 Å². The Kier molecular flexibility index (Phi) is 12.4. The van der Waals surface area contributed by atoms with Crippen molar-refractivity contribution in [1.29, 1.82) is 0 Å². The zero-order valence-corrected chi connectivity index (χ0v) is 22.9. The molecular formula is C32H39ClO4. The Labute approximate surface area is 226 Å². The second-order valence-corrected chi connectivity index (χ2v) is 9.66. The molecule has 0 amide bonds. The fourth-order valence-electron chi connectivity index (χ4n) is 3.98. The van der Waals surface area contributed by atoms with Gasteiger partial charge in [-0.2, -0.15) is 0 Å². The molecule has 0 aliphatic rings. The summed E-state index contributed by atoms with van der Waals surface area (Å²) in [6.07, 6.45) is 10.6. The van der Waals surface area contributed by atoms with E-state index in [1.54, 1.807) is 30.3 Å². The standard InChI is InChI=1S/C32H39ClO4/c1-3-5-7-9-11-22-35-28-17-12-25(13-18-28)26-14-19-29(20-15-26)37-32(34)27-16-21-31(30(33)24-27)36-23-10-8-6-4-2/h12-21,24H,3-11,22-23H2,1-2H3. The molecule has 0 aromatic heterocycles. The molecule has 198 valence electrons. The van der Waals surface area contributed by atoms with Gasteiger partial charge in [0.25, 0.3) is 0 Å². The number of hydrogen-bond acceptors (Lipinski definition) is 4. The number of esters is 1. The van der Waals surface area contributed by atoms with E-state index in [0.717, 1.165) is 42.7 Å². The molecule has 37 heavy (non-hydrogen) atoms. The van der Waals surface area contributed by atoms with Crippen LogP contribution >= 0.6 is 11.6 Å². The lowest BCUT2D eigenvalue weighted by Crippen LogP contribution is -2.08. The summed E-state index contributed by atoms with van der Waals surface area (Å²) in [6.45, 7) is 5.77. The van der Waals surface area contributed by atoms with Crippen LogP contribution < -0.4 is 14.2 Å². The Morgan fingerprint density at radius 3 is 1.78 bits per heavy atom. The fourth-order valence-corrected chi connectivity index (χ4v) is 4.21. The van der Waals surface area contributed by atoms with Crippen molar-refractivity contribution in [3.63, 3.8) is 0 Å². The molecule has 5 heteroatoms. The largest absolute Gasteiger partial charge is 0.494 e. The van der Waals surface area contributed by atoms with E-state index in [-0.39, 0.29) is 0 Å². The molecule has 0 bridgehead atoms. The Morgan fingerprint density at radius 2 is 1.19 bits per heavy atom. The Morgan fingerprint density at radius 1 is 0.649 bits per heavy atom. The van der Waals surface area contributed by atoms with Gasteiger partial charge in [0.2, 0.25) is 0 Å². The van der Waals surface area contributed by atoms with Crippen LogP contribution in [0, 0.1) is 0 Å². The zero-order valence-electron chi connectivity index (χ0n) is 22.1. The summed E-state index contributed by atoms with van der Waals surface area (Å²) in [5.41, 5.74) is 2.49. The predicted octanol–water partition coefficient (Wildman–Crippen LogP) is 9.53. The molecule has 4 nitrogen and oxygen atoms in total. The van der Waals surface area contributed by atoms with Gasteiger partial charge in [-0.15, -0.1) is 0 Å². The molecule has 3 rings (SSSR count). The molecular weight excluding hydrogens is 484 g/mol. The van der Waals surface area contributed by atoms with E-state index in [9.17, 15) is 4.79 Å². The summed E-state index contributed by atoms with van der Waals surface area (Å²) < 4.78 is 17.2. The maximum Gasteiger partial charge on any atom is 0.343 e. The third-order valence-corrected chi connectivity index (χ3v) is 6.49. The van der Waals surface area contributed by atoms with Gasteiger partial charge in [-0.3, -0.25) is 0 Å². The third-order valence-electron chi connectivity index (χ3n) is 6.19. The number of ether oxygens (including phenoxy) is 3. The summed E-state index contributed by atoms with van der Waals surface area (Å²) in [6, 6.07) is 20.5. The first kappa shape index (κ1) is 28.6. The van der Waals surface area contributed by atoms with Crippen molar-refractivity contribution in [3.05, 3.63) is 77.3 Å². The molecule has 0 spiro atoms. The fraction of sp³-hybridized carbons (Fsp3) is 0.406. The highest BCUT2D eigenvalue weighted by Crippen LogP contribution is 2.28. The van der Waals surface area contributed by atoms with Crippen LogP contribution in [0.3, 0.4) is 0 Å². The average molecular weight is 523 g/mol. The van der Waals surface area contributed by atoms with E-state index in [1.165, 1.54) is 38.5 Å². The first-order valence-corrected chi connectivity index (χ1v) is 14.0. The highest BCUT2D eigenvalue weighted by Gasteiger charge is 2.12. The number of rotatable bonds is 16. The topological polar surface area (TPSA) is 44.8 Å². The normalized spacial score (nSPS) is 10.8. The molecule has 0 saturated heterocycles. The highest BCUT2D eigenvalue weighted by atomic mass is 35.5. The van der Waals surface area contributed by atoms with E-state index >= 15 is 0 Å². The predicted molar refractivity (Wildman–Crippen MR) is 152 cm³/mol. The summed E-state index contributed by atoms with van der Waals surface area (Å²) in [7, 11) is 0. The average Bonchev–Trinajstić information content (AvgIpc) is 2.92. The van der Waals surface area contributed by atoms with E-state index in [2.05, 4.69) is 13.8 Å². The van der Waals surface area contributed by atoms with Crippen molar-refractivity contribution in [2.24, 2.45) is 0 Å². The van der Waals surface area contributed by atoms with Gasteiger partial charge in [-0.25, -0.2) is 4.79 Å². The lowest BCUT2D eigenvalue weighted by molar-refractivity contribution is 0.0734. The van der Waals surface area contributed by atoms with Gasteiger partial charge in [0.15, 0.2) is 0 Å². The van der Waals surface area contributed by atoms with Crippen LogP contribution in [-0.2, 0) is 0 Å². The number of carbonyl (C=O) groups is 1. The maximum atomic E-state index is 12.6. The van der Waals surface area contributed by atoms with Crippen LogP contribution in [0.25, 0.3) is 11.1 Å². The first-order chi connectivity index (χ1) is 18.1. The van der Waals surface area contributed by atoms with E-state index in [0.29, 0.717) is 28.7 Å². The third kappa shape index (κ3) is 9.77. The van der Waals surface area contributed by atoms with E-state index < -0.39 is 5.97 Å². The molecule has 3 aromatic rings. The molecule has 0 fully saturated rings. The summed E-state index contributed by atoms with van der Waals surface area (Å²) in [5, 5.41) is 0.407. The number of hydrogen-bond donors (Lipinski definition) is 0. The molecule has 3 aromatic carbocycles. The second-order valence-electron chi connectivity index (χ2n) is 9.26. The monoisotopic (exact) mass is 522 g/mol. The van der Waals surface area contributed by atoms with Gasteiger partial charge in [0, 0.05) is 0 Å². The number of benzene rings is 3. The molecule has 0 aliphatic heterocycles. The minimum absolute atomic E-state index is 0.383. The van der Waals surface area contributed by atoms with Crippen molar-refractivity contribution in [2.75, 3.05) is 13.2 Å². The summed E-state index contributed by atoms with van der Waals surface area (Å²) in [5.74, 6) is 1.49. The van der Waals surface area contributed by atoms with Crippen molar-refractivity contribution in [2.45, 2.75) is 71.6 Å². The van der Waals surface area contributed by atoms with Gasteiger partial charge >= 0.3 is 5.97 Å². The molecule has 0 aliphatic carbocycles. The van der Waals surface area contributed by atoms with Gasteiger partial charge in [-0.1, -0.05) is 94.7 Å². The van der Waals surface area contributed by atoms with Gasteiger partial charge < -0.3 is 14.2 Å². The van der Waals surface area contributed by atoms with Crippen molar-refractivity contribution in [1.82, 2.24) is 0 Å². The van der Waals surface area contributed by atoms with Crippen molar-refractivity contribution in [3.8, 4) is 28.4 Å². The molecule has 0 radical (unpaired) electrons. The molecule has 0 unspecified atom stereocenters. The lowest BCUT2D eigenvalue weighted by atomic mass is 10.1. The SMILES string of the molecule is CCCCCCCOc1ccc(-c2ccc(OC(=O)c3ccc(OCCCCCC)c(Cl)c3)cc2)cc1. The van der Waals surface area contributed by atoms with Crippen molar-refractivity contribution < 1.29 is 19.0 Å². The minimum atomic E-state index is -0.458. The molecule has 0 atom stereocenters. The first-order valence-electron chi connectivity index (χ1n) is 13.6. The van der Waals surface area contributed by atoms with E-state index in [4.69, 9.17) is 25.8 Å². The molecule has 0 heterocycles. The second kappa shape index (κ2) is 16.0. The van der Waals surface area contributed by atoms with Crippen LogP contribution in [0.1, 0.15) is 82.0 Å². The molecule has 0 saturated carbocycles. The number of unbranched alkanes of at least 4 members (excludes halogenated alkanes) is 7. The smallest absolute Gasteiger partial charge is 0.343 e.